The number of ether oxygens (including phenoxy) is 1. The smallest absolute Gasteiger partial charge is 0.230 e. The van der Waals surface area contributed by atoms with Crippen LogP contribution >= 0.6 is 34.5 Å². The van der Waals surface area contributed by atoms with Crippen molar-refractivity contribution in [2.75, 3.05) is 5.32 Å². The zero-order valence-corrected chi connectivity index (χ0v) is 16.2. The van der Waals surface area contributed by atoms with Crippen LogP contribution in [0.5, 0.6) is 5.75 Å². The average molecular weight is 418 g/mol. The summed E-state index contributed by atoms with van der Waals surface area (Å²) in [5.41, 5.74) is 1.55. The summed E-state index contributed by atoms with van der Waals surface area (Å²) >= 11 is 13.2. The van der Waals surface area contributed by atoms with Crippen molar-refractivity contribution < 1.29 is 9.53 Å². The van der Waals surface area contributed by atoms with Gasteiger partial charge in [-0.1, -0.05) is 23.2 Å². The number of nitrogens with one attached hydrogen (secondary N) is 1. The van der Waals surface area contributed by atoms with Gasteiger partial charge in [-0.2, -0.15) is 5.26 Å². The van der Waals surface area contributed by atoms with Gasteiger partial charge in [0.1, 0.15) is 23.4 Å². The zero-order chi connectivity index (χ0) is 19.2. The van der Waals surface area contributed by atoms with E-state index in [1.807, 2.05) is 11.4 Å². The third kappa shape index (κ3) is 5.44. The Bertz CT molecular complexity index is 997. The highest BCUT2D eigenvalue weighted by atomic mass is 35.5. The lowest BCUT2D eigenvalue weighted by Gasteiger charge is -2.05. The predicted octanol–water partition coefficient (Wildman–Crippen LogP) is 5.08. The summed E-state index contributed by atoms with van der Waals surface area (Å²) in [6.07, 6.45) is 0.134. The van der Waals surface area contributed by atoms with Crippen molar-refractivity contribution in [3.8, 4) is 11.8 Å². The van der Waals surface area contributed by atoms with E-state index in [0.29, 0.717) is 39.3 Å². The molecule has 8 heteroatoms. The molecule has 0 atom stereocenters. The Morgan fingerprint density at radius 2 is 2.00 bits per heavy atom. The van der Waals surface area contributed by atoms with E-state index in [4.69, 9.17) is 33.2 Å². The quantitative estimate of drug-likeness (QED) is 0.606. The highest BCUT2D eigenvalue weighted by molar-refractivity contribution is 7.09. The Morgan fingerprint density at radius 1 is 1.22 bits per heavy atom. The minimum atomic E-state index is -0.216. The fraction of sp³-hybridized carbons (Fsp3) is 0.105. The van der Waals surface area contributed by atoms with Crippen LogP contribution in [0.15, 0.2) is 47.8 Å². The molecule has 0 unspecified atom stereocenters. The highest BCUT2D eigenvalue weighted by Gasteiger charge is 2.10. The molecular weight excluding hydrogens is 405 g/mol. The van der Waals surface area contributed by atoms with Crippen LogP contribution in [-0.4, -0.2) is 10.9 Å². The number of carbonyl (C=O) groups is 1. The maximum Gasteiger partial charge on any atom is 0.230 e. The Labute approximate surface area is 170 Å². The molecular formula is C19H13Cl2N3O2S. The number of amides is 1. The second kappa shape index (κ2) is 8.87. The van der Waals surface area contributed by atoms with Gasteiger partial charge in [-0.05, 0) is 42.5 Å². The first-order chi connectivity index (χ1) is 13.0. The SMILES string of the molecule is N#Cc1ccc(NC(=O)Cc2csc(COc3ccc(Cl)cc3)n2)cc1Cl. The van der Waals surface area contributed by atoms with Gasteiger partial charge in [0.15, 0.2) is 0 Å². The van der Waals surface area contributed by atoms with Crippen molar-refractivity contribution in [3.05, 3.63) is 74.2 Å². The lowest BCUT2D eigenvalue weighted by molar-refractivity contribution is -0.115. The van der Waals surface area contributed by atoms with Crippen molar-refractivity contribution >= 4 is 46.1 Å². The molecule has 0 saturated heterocycles. The van der Waals surface area contributed by atoms with Gasteiger partial charge in [0, 0.05) is 16.1 Å². The van der Waals surface area contributed by atoms with Crippen molar-refractivity contribution in [2.24, 2.45) is 0 Å². The average Bonchev–Trinajstić information content (AvgIpc) is 3.08. The minimum Gasteiger partial charge on any atom is -0.486 e. The maximum absolute atomic E-state index is 12.2. The van der Waals surface area contributed by atoms with Gasteiger partial charge in [-0.25, -0.2) is 4.98 Å². The summed E-state index contributed by atoms with van der Waals surface area (Å²) in [7, 11) is 0. The molecule has 0 radical (unpaired) electrons. The van der Waals surface area contributed by atoms with Crippen LogP contribution in [0.25, 0.3) is 0 Å². The first kappa shape index (κ1) is 19.2. The number of anilines is 1. The van der Waals surface area contributed by atoms with Crippen molar-refractivity contribution in [1.29, 1.82) is 5.26 Å². The molecule has 5 nitrogen and oxygen atoms in total. The minimum absolute atomic E-state index is 0.134. The molecule has 1 N–H and O–H groups in total. The summed E-state index contributed by atoms with van der Waals surface area (Å²) in [6.45, 7) is 0.319. The van der Waals surface area contributed by atoms with E-state index in [1.54, 1.807) is 42.5 Å². The topological polar surface area (TPSA) is 75.0 Å². The summed E-state index contributed by atoms with van der Waals surface area (Å²) in [5, 5.41) is 15.2. The van der Waals surface area contributed by atoms with Crippen LogP contribution in [-0.2, 0) is 17.8 Å². The van der Waals surface area contributed by atoms with Crippen LogP contribution in [0.4, 0.5) is 5.69 Å². The van der Waals surface area contributed by atoms with E-state index in [9.17, 15) is 4.79 Å². The van der Waals surface area contributed by atoms with E-state index in [0.717, 1.165) is 5.01 Å². The van der Waals surface area contributed by atoms with Gasteiger partial charge < -0.3 is 10.1 Å². The van der Waals surface area contributed by atoms with Crippen LogP contribution in [0.1, 0.15) is 16.3 Å². The Morgan fingerprint density at radius 3 is 2.70 bits per heavy atom. The Balaban J connectivity index is 1.54. The van der Waals surface area contributed by atoms with Gasteiger partial charge in [0.05, 0.1) is 22.7 Å². The number of thiazole rings is 1. The molecule has 0 saturated carbocycles. The third-order valence-corrected chi connectivity index (χ3v) is 4.93. The first-order valence-electron chi connectivity index (χ1n) is 7.84. The van der Waals surface area contributed by atoms with Crippen LogP contribution < -0.4 is 10.1 Å². The van der Waals surface area contributed by atoms with Gasteiger partial charge in [0.25, 0.3) is 0 Å². The van der Waals surface area contributed by atoms with E-state index < -0.39 is 0 Å². The molecule has 1 aromatic heterocycles. The maximum atomic E-state index is 12.2. The monoisotopic (exact) mass is 417 g/mol. The number of halogens is 2. The largest absolute Gasteiger partial charge is 0.486 e. The summed E-state index contributed by atoms with van der Waals surface area (Å²) in [5.74, 6) is 0.484. The van der Waals surface area contributed by atoms with E-state index in [1.165, 1.54) is 11.3 Å². The molecule has 1 amide bonds. The second-order valence-electron chi connectivity index (χ2n) is 5.51. The molecule has 2 aromatic carbocycles. The lowest BCUT2D eigenvalue weighted by atomic mass is 10.2. The molecule has 0 aliphatic rings. The van der Waals surface area contributed by atoms with Gasteiger partial charge >= 0.3 is 0 Å². The van der Waals surface area contributed by atoms with Crippen LogP contribution in [0.3, 0.4) is 0 Å². The second-order valence-corrected chi connectivity index (χ2v) is 7.29. The molecule has 0 bridgehead atoms. The molecule has 0 fully saturated rings. The van der Waals surface area contributed by atoms with Crippen molar-refractivity contribution in [2.45, 2.75) is 13.0 Å². The number of hydrogen-bond donors (Lipinski definition) is 1. The molecule has 3 aromatic rings. The van der Waals surface area contributed by atoms with Crippen LogP contribution in [0.2, 0.25) is 10.0 Å². The number of aromatic nitrogens is 1. The molecule has 3 rings (SSSR count). The first-order valence-corrected chi connectivity index (χ1v) is 9.48. The molecule has 27 heavy (non-hydrogen) atoms. The van der Waals surface area contributed by atoms with Crippen LogP contribution in [0, 0.1) is 11.3 Å². The number of carbonyl (C=O) groups excluding carboxylic acids is 1. The molecule has 0 aliphatic carbocycles. The normalized spacial score (nSPS) is 10.3. The highest BCUT2D eigenvalue weighted by Crippen LogP contribution is 2.21. The van der Waals surface area contributed by atoms with Gasteiger partial charge in [-0.15, -0.1) is 11.3 Å². The standard InChI is InChI=1S/C19H13Cl2N3O2S/c20-13-2-5-16(6-3-13)26-10-19-24-15(11-27-19)8-18(25)23-14-4-1-12(9-22)17(21)7-14/h1-7,11H,8,10H2,(H,23,25). The fourth-order valence-corrected chi connectivity index (χ4v) is 3.28. The number of rotatable bonds is 6. The van der Waals surface area contributed by atoms with Gasteiger partial charge in [-0.3, -0.25) is 4.79 Å². The van der Waals surface area contributed by atoms with Gasteiger partial charge in [0.2, 0.25) is 5.91 Å². The number of nitrogens with zero attached hydrogens (tertiary/aromatic N) is 2. The predicted molar refractivity (Wildman–Crippen MR) is 106 cm³/mol. The lowest BCUT2D eigenvalue weighted by Crippen LogP contribution is -2.14. The molecule has 1 heterocycles. The Kier molecular flexibility index (Phi) is 6.30. The number of nitriles is 1. The van der Waals surface area contributed by atoms with E-state index in [-0.39, 0.29) is 12.3 Å². The summed E-state index contributed by atoms with van der Waals surface area (Å²) in [4.78, 5) is 16.6. The van der Waals surface area contributed by atoms with E-state index >= 15 is 0 Å². The summed E-state index contributed by atoms with van der Waals surface area (Å²) < 4.78 is 5.64. The summed E-state index contributed by atoms with van der Waals surface area (Å²) in [6, 6.07) is 13.8. The molecule has 136 valence electrons. The Hall–Kier alpha value is -2.59. The number of benzene rings is 2. The molecule has 0 spiro atoms. The number of hydrogen-bond acceptors (Lipinski definition) is 5. The van der Waals surface area contributed by atoms with Crippen molar-refractivity contribution in [3.63, 3.8) is 0 Å². The van der Waals surface area contributed by atoms with Crippen molar-refractivity contribution in [1.82, 2.24) is 4.98 Å². The third-order valence-electron chi connectivity index (χ3n) is 3.49. The molecule has 0 aliphatic heterocycles. The van der Waals surface area contributed by atoms with E-state index in [2.05, 4.69) is 10.3 Å². The fourth-order valence-electron chi connectivity index (χ4n) is 2.23. The zero-order valence-electron chi connectivity index (χ0n) is 13.9.